The van der Waals surface area contributed by atoms with Crippen molar-refractivity contribution < 1.29 is 4.74 Å². The monoisotopic (exact) mass is 408 g/mol. The summed E-state index contributed by atoms with van der Waals surface area (Å²) < 4.78 is 5.50. The van der Waals surface area contributed by atoms with Gasteiger partial charge in [-0.15, -0.1) is 0 Å². The molecule has 0 atom stereocenters. The fourth-order valence-corrected chi connectivity index (χ4v) is 4.60. The van der Waals surface area contributed by atoms with Crippen molar-refractivity contribution in [3.8, 4) is 0 Å². The van der Waals surface area contributed by atoms with E-state index in [1.54, 1.807) is 6.33 Å². The smallest absolute Gasteiger partial charge is 0.137 e. The molecular formula is C23H32N6O. The van der Waals surface area contributed by atoms with Gasteiger partial charge in [0.05, 0.1) is 18.7 Å². The van der Waals surface area contributed by atoms with Crippen molar-refractivity contribution in [3.05, 3.63) is 35.8 Å². The number of fused-ring (bicyclic) bond motifs is 1. The molecule has 2 heterocycles. The average Bonchev–Trinajstić information content (AvgIpc) is 2.81. The molecule has 7 nitrogen and oxygen atoms in total. The summed E-state index contributed by atoms with van der Waals surface area (Å²) in [5.74, 6) is 0.892. The van der Waals surface area contributed by atoms with E-state index < -0.39 is 0 Å². The van der Waals surface area contributed by atoms with E-state index in [0.29, 0.717) is 12.1 Å². The maximum atomic E-state index is 7.82. The number of hydrogen-bond acceptors (Lipinski definition) is 7. The van der Waals surface area contributed by atoms with Gasteiger partial charge in [-0.25, -0.2) is 9.97 Å². The van der Waals surface area contributed by atoms with Crippen molar-refractivity contribution in [1.82, 2.24) is 20.2 Å². The summed E-state index contributed by atoms with van der Waals surface area (Å²) in [4.78, 5) is 11.6. The molecule has 0 radical (unpaired) electrons. The molecule has 2 aromatic rings. The van der Waals surface area contributed by atoms with Crippen LogP contribution in [0.3, 0.4) is 0 Å². The standard InChI is InChI=1S/C23H32N6O/c1-16(25-2)21(14-24)17-3-8-22-20(13-17)23(27-15-26-22)28-18-4-6-19(7-5-18)29-9-11-30-12-10-29/h3,8,13-15,18-19,24-25H,4-7,9-12H2,1-2H3,(H,26,27,28)/b21-16+,24-14?. The van der Waals surface area contributed by atoms with Gasteiger partial charge in [0.2, 0.25) is 0 Å². The molecule has 1 saturated heterocycles. The minimum atomic E-state index is 0.431. The van der Waals surface area contributed by atoms with Gasteiger partial charge in [-0.1, -0.05) is 6.07 Å². The number of nitrogens with one attached hydrogen (secondary N) is 3. The first-order chi connectivity index (χ1) is 14.7. The zero-order chi connectivity index (χ0) is 20.9. The van der Waals surface area contributed by atoms with Crippen LogP contribution in [0.2, 0.25) is 0 Å². The molecule has 1 saturated carbocycles. The molecule has 4 rings (SSSR count). The largest absolute Gasteiger partial charge is 0.391 e. The molecule has 0 bridgehead atoms. The summed E-state index contributed by atoms with van der Waals surface area (Å²) >= 11 is 0. The fourth-order valence-electron chi connectivity index (χ4n) is 4.60. The number of benzene rings is 1. The lowest BCUT2D eigenvalue weighted by Crippen LogP contribution is -2.46. The Bertz CT molecular complexity index is 913. The molecule has 2 fully saturated rings. The molecule has 7 heteroatoms. The number of allylic oxidation sites excluding steroid dienone is 2. The van der Waals surface area contributed by atoms with Gasteiger partial charge in [0.15, 0.2) is 0 Å². The third-order valence-electron chi connectivity index (χ3n) is 6.47. The van der Waals surface area contributed by atoms with Crippen molar-refractivity contribution in [2.45, 2.75) is 44.7 Å². The van der Waals surface area contributed by atoms with E-state index in [1.165, 1.54) is 19.1 Å². The van der Waals surface area contributed by atoms with Crippen molar-refractivity contribution >= 4 is 28.5 Å². The van der Waals surface area contributed by atoms with Crippen molar-refractivity contribution in [2.75, 3.05) is 38.7 Å². The summed E-state index contributed by atoms with van der Waals surface area (Å²) in [6.07, 6.45) is 7.77. The first-order valence-electron chi connectivity index (χ1n) is 10.9. The molecule has 0 unspecified atom stereocenters. The third-order valence-corrected chi connectivity index (χ3v) is 6.47. The van der Waals surface area contributed by atoms with E-state index in [-0.39, 0.29) is 0 Å². The van der Waals surface area contributed by atoms with Crippen molar-refractivity contribution in [2.24, 2.45) is 0 Å². The molecule has 0 spiro atoms. The molecule has 160 valence electrons. The average molecular weight is 409 g/mol. The highest BCUT2D eigenvalue weighted by atomic mass is 16.5. The number of nitrogens with zero attached hydrogens (tertiary/aromatic N) is 3. The molecule has 1 aromatic heterocycles. The number of hydrogen-bond donors (Lipinski definition) is 3. The first kappa shape index (κ1) is 20.8. The molecule has 30 heavy (non-hydrogen) atoms. The molecule has 2 aliphatic rings. The van der Waals surface area contributed by atoms with E-state index in [1.807, 2.05) is 26.1 Å². The van der Waals surface area contributed by atoms with Gasteiger partial charge in [-0.2, -0.15) is 0 Å². The normalized spacial score (nSPS) is 23.7. The Kier molecular flexibility index (Phi) is 6.59. The van der Waals surface area contributed by atoms with Crippen LogP contribution in [0.15, 0.2) is 30.2 Å². The fraction of sp³-hybridized carbons (Fsp3) is 0.522. The van der Waals surface area contributed by atoms with Crippen LogP contribution >= 0.6 is 0 Å². The van der Waals surface area contributed by atoms with E-state index in [0.717, 1.165) is 72.7 Å². The Morgan fingerprint density at radius 2 is 1.93 bits per heavy atom. The van der Waals surface area contributed by atoms with Crippen LogP contribution in [0.5, 0.6) is 0 Å². The number of morpholine rings is 1. The quantitative estimate of drug-likeness (QED) is 0.636. The summed E-state index contributed by atoms with van der Waals surface area (Å²) in [6, 6.07) is 7.25. The van der Waals surface area contributed by atoms with E-state index in [2.05, 4.69) is 31.6 Å². The second-order valence-electron chi connectivity index (χ2n) is 8.19. The number of anilines is 1. The van der Waals surface area contributed by atoms with Crippen molar-refractivity contribution in [3.63, 3.8) is 0 Å². The highest BCUT2D eigenvalue weighted by molar-refractivity contribution is 6.10. The van der Waals surface area contributed by atoms with E-state index in [9.17, 15) is 0 Å². The molecule has 3 N–H and O–H groups in total. The van der Waals surface area contributed by atoms with Crippen LogP contribution in [0.4, 0.5) is 5.82 Å². The van der Waals surface area contributed by atoms with Crippen LogP contribution in [0, 0.1) is 5.41 Å². The summed E-state index contributed by atoms with van der Waals surface area (Å²) in [5.41, 5.74) is 3.76. The maximum Gasteiger partial charge on any atom is 0.137 e. The Balaban J connectivity index is 1.50. The van der Waals surface area contributed by atoms with Gasteiger partial charge in [0, 0.05) is 55.1 Å². The Morgan fingerprint density at radius 3 is 2.63 bits per heavy atom. The third kappa shape index (κ3) is 4.47. The Labute approximate surface area is 178 Å². The minimum absolute atomic E-state index is 0.431. The predicted octanol–water partition coefficient (Wildman–Crippen LogP) is 3.29. The van der Waals surface area contributed by atoms with Crippen LogP contribution in [0.1, 0.15) is 38.2 Å². The number of rotatable bonds is 6. The lowest BCUT2D eigenvalue weighted by atomic mass is 9.90. The van der Waals surface area contributed by atoms with Gasteiger partial charge in [0.25, 0.3) is 0 Å². The predicted molar refractivity (Wildman–Crippen MR) is 122 cm³/mol. The maximum absolute atomic E-state index is 7.82. The topological polar surface area (TPSA) is 86.2 Å². The molecule has 1 aliphatic carbocycles. The molecule has 1 aromatic carbocycles. The van der Waals surface area contributed by atoms with Crippen LogP contribution in [-0.2, 0) is 4.74 Å². The van der Waals surface area contributed by atoms with E-state index in [4.69, 9.17) is 10.1 Å². The Hall–Kier alpha value is -2.51. The lowest BCUT2D eigenvalue weighted by Gasteiger charge is -2.39. The minimum Gasteiger partial charge on any atom is -0.391 e. The van der Waals surface area contributed by atoms with E-state index >= 15 is 0 Å². The second-order valence-corrected chi connectivity index (χ2v) is 8.19. The van der Waals surface area contributed by atoms with Crippen LogP contribution < -0.4 is 10.6 Å². The number of aromatic nitrogens is 2. The SMILES string of the molecule is CN/C(C)=C(\C=N)c1ccc2ncnc(NC3CCC(N4CCOCC4)CC3)c2c1. The summed E-state index contributed by atoms with van der Waals surface area (Å²) in [5, 5.41) is 15.7. The van der Waals surface area contributed by atoms with Gasteiger partial charge in [0.1, 0.15) is 12.1 Å². The lowest BCUT2D eigenvalue weighted by molar-refractivity contribution is 0.00791. The van der Waals surface area contributed by atoms with Crippen LogP contribution in [-0.4, -0.2) is 66.5 Å². The second kappa shape index (κ2) is 9.53. The highest BCUT2D eigenvalue weighted by Crippen LogP contribution is 2.29. The summed E-state index contributed by atoms with van der Waals surface area (Å²) in [6.45, 7) is 5.85. The van der Waals surface area contributed by atoms with Gasteiger partial charge in [-0.05, 0) is 50.3 Å². The van der Waals surface area contributed by atoms with Crippen molar-refractivity contribution in [1.29, 1.82) is 5.41 Å². The Morgan fingerprint density at radius 1 is 1.17 bits per heavy atom. The molecular weight excluding hydrogens is 376 g/mol. The number of ether oxygens (including phenoxy) is 1. The molecule has 0 amide bonds. The first-order valence-corrected chi connectivity index (χ1v) is 10.9. The van der Waals surface area contributed by atoms with Gasteiger partial charge in [-0.3, -0.25) is 4.90 Å². The zero-order valence-corrected chi connectivity index (χ0v) is 17.9. The highest BCUT2D eigenvalue weighted by Gasteiger charge is 2.27. The van der Waals surface area contributed by atoms with Gasteiger partial charge < -0.3 is 20.8 Å². The van der Waals surface area contributed by atoms with Crippen LogP contribution in [0.25, 0.3) is 16.5 Å². The molecule has 1 aliphatic heterocycles. The zero-order valence-electron chi connectivity index (χ0n) is 17.9. The van der Waals surface area contributed by atoms with Gasteiger partial charge >= 0.3 is 0 Å². The summed E-state index contributed by atoms with van der Waals surface area (Å²) in [7, 11) is 1.88.